The molecule has 0 aliphatic heterocycles. The highest BCUT2D eigenvalue weighted by Crippen LogP contribution is 2.18. The number of nitriles is 1. The summed E-state index contributed by atoms with van der Waals surface area (Å²) in [6.45, 7) is 2.68. The molecule has 0 aliphatic carbocycles. The number of imidazole rings is 1. The molecule has 0 aliphatic rings. The number of hydrogen-bond acceptors (Lipinski definition) is 4. The zero-order chi connectivity index (χ0) is 16.9. The fraction of sp³-hybridized carbons (Fsp3) is 0.263. The van der Waals surface area contributed by atoms with Gasteiger partial charge in [0.05, 0.1) is 23.6 Å². The second kappa shape index (κ2) is 7.26. The summed E-state index contributed by atoms with van der Waals surface area (Å²) >= 11 is 0. The zero-order valence-electron chi connectivity index (χ0n) is 13.6. The Morgan fingerprint density at radius 2 is 2.04 bits per heavy atom. The molecule has 5 nitrogen and oxygen atoms in total. The van der Waals surface area contributed by atoms with Gasteiger partial charge in [0.2, 0.25) is 0 Å². The van der Waals surface area contributed by atoms with Gasteiger partial charge in [0.1, 0.15) is 11.7 Å². The fourth-order valence-electron chi connectivity index (χ4n) is 2.74. The topological polar surface area (TPSA) is 73.3 Å². The maximum absolute atomic E-state index is 10.3. The molecular weight excluding hydrogens is 300 g/mol. The van der Waals surface area contributed by atoms with Gasteiger partial charge in [-0.3, -0.25) is 0 Å². The molecule has 0 fully saturated rings. The van der Waals surface area contributed by atoms with Crippen molar-refractivity contribution in [2.75, 3.05) is 0 Å². The van der Waals surface area contributed by atoms with Gasteiger partial charge in [-0.05, 0) is 31.0 Å². The minimum absolute atomic E-state index is 0.143. The maximum Gasteiger partial charge on any atom is 0.137 e. The van der Waals surface area contributed by atoms with Gasteiger partial charge in [-0.15, -0.1) is 0 Å². The Kier molecular flexibility index (Phi) is 4.90. The van der Waals surface area contributed by atoms with E-state index in [-0.39, 0.29) is 6.04 Å². The van der Waals surface area contributed by atoms with Crippen LogP contribution < -0.4 is 5.32 Å². The molecule has 0 saturated carbocycles. The number of fused-ring (bicyclic) bond motifs is 1. The van der Waals surface area contributed by atoms with Gasteiger partial charge >= 0.3 is 0 Å². The van der Waals surface area contributed by atoms with Crippen molar-refractivity contribution >= 4 is 5.65 Å². The van der Waals surface area contributed by atoms with Crippen molar-refractivity contribution in [1.82, 2.24) is 14.7 Å². The third-order valence-corrected chi connectivity index (χ3v) is 4.10. The molecule has 24 heavy (non-hydrogen) atoms. The molecule has 5 heteroatoms. The summed E-state index contributed by atoms with van der Waals surface area (Å²) in [5.41, 5.74) is 3.35. The second-order valence-electron chi connectivity index (χ2n) is 5.95. The van der Waals surface area contributed by atoms with Gasteiger partial charge < -0.3 is 14.8 Å². The van der Waals surface area contributed by atoms with Crippen molar-refractivity contribution in [1.29, 1.82) is 5.26 Å². The van der Waals surface area contributed by atoms with E-state index in [2.05, 4.69) is 23.3 Å². The monoisotopic (exact) mass is 320 g/mol. The summed E-state index contributed by atoms with van der Waals surface area (Å²) in [5, 5.41) is 22.7. The number of aliphatic hydroxyl groups excluding tert-OH is 1. The minimum Gasteiger partial charge on any atom is -0.388 e. The summed E-state index contributed by atoms with van der Waals surface area (Å²) in [6.07, 6.45) is 3.75. The molecule has 2 N–H and O–H groups in total. The lowest BCUT2D eigenvalue weighted by atomic mass is 10.0. The largest absolute Gasteiger partial charge is 0.388 e. The van der Waals surface area contributed by atoms with Crippen molar-refractivity contribution < 1.29 is 5.11 Å². The van der Waals surface area contributed by atoms with E-state index >= 15 is 0 Å². The third kappa shape index (κ3) is 3.62. The summed E-state index contributed by atoms with van der Waals surface area (Å²) in [7, 11) is 0. The highest BCUT2D eigenvalue weighted by atomic mass is 16.3. The molecule has 3 rings (SSSR count). The zero-order valence-corrected chi connectivity index (χ0v) is 13.6. The van der Waals surface area contributed by atoms with E-state index in [1.165, 1.54) is 0 Å². The first kappa shape index (κ1) is 16.2. The van der Waals surface area contributed by atoms with Crippen molar-refractivity contribution in [3.8, 4) is 6.07 Å². The Labute approximate surface area is 141 Å². The van der Waals surface area contributed by atoms with E-state index in [0.717, 1.165) is 16.9 Å². The average Bonchev–Trinajstić information content (AvgIpc) is 3.02. The molecule has 0 bridgehead atoms. The Bertz CT molecular complexity index is 851. The van der Waals surface area contributed by atoms with Gasteiger partial charge in [0.25, 0.3) is 0 Å². The number of hydrogen-bond donors (Lipinski definition) is 2. The molecule has 122 valence electrons. The lowest BCUT2D eigenvalue weighted by Crippen LogP contribution is -2.28. The van der Waals surface area contributed by atoms with Gasteiger partial charge in [0.15, 0.2) is 0 Å². The van der Waals surface area contributed by atoms with Crippen molar-refractivity contribution in [2.24, 2.45) is 0 Å². The van der Waals surface area contributed by atoms with Gasteiger partial charge in [0, 0.05) is 18.8 Å². The fourth-order valence-corrected chi connectivity index (χ4v) is 2.74. The smallest absolute Gasteiger partial charge is 0.137 e. The summed E-state index contributed by atoms with van der Waals surface area (Å²) in [5.74, 6) is 0. The van der Waals surface area contributed by atoms with E-state index < -0.39 is 6.10 Å². The number of aliphatic hydroxyl groups is 1. The molecule has 0 spiro atoms. The quantitative estimate of drug-likeness (QED) is 0.732. The average molecular weight is 320 g/mol. The van der Waals surface area contributed by atoms with Gasteiger partial charge in [-0.1, -0.05) is 30.3 Å². The predicted octanol–water partition coefficient (Wildman–Crippen LogP) is 2.81. The molecule has 2 heterocycles. The third-order valence-electron chi connectivity index (χ3n) is 4.10. The van der Waals surface area contributed by atoms with Crippen LogP contribution >= 0.6 is 0 Å². The Balaban J connectivity index is 1.62. The highest BCUT2D eigenvalue weighted by Gasteiger charge is 2.12. The Morgan fingerprint density at radius 1 is 1.25 bits per heavy atom. The van der Waals surface area contributed by atoms with Crippen LogP contribution in [0, 0.1) is 11.3 Å². The highest BCUT2D eigenvalue weighted by molar-refractivity contribution is 5.44. The normalized spacial score (nSPS) is 13.5. The maximum atomic E-state index is 10.3. The molecule has 2 aromatic heterocycles. The van der Waals surface area contributed by atoms with Crippen LogP contribution in [0.25, 0.3) is 5.65 Å². The molecule has 2 atom stereocenters. The van der Waals surface area contributed by atoms with Crippen molar-refractivity contribution in [3.05, 3.63) is 71.7 Å². The Hall–Kier alpha value is -2.68. The van der Waals surface area contributed by atoms with Crippen LogP contribution in [0.4, 0.5) is 0 Å². The summed E-state index contributed by atoms with van der Waals surface area (Å²) in [4.78, 5) is 4.34. The number of nitrogens with one attached hydrogen (secondary N) is 1. The van der Waals surface area contributed by atoms with Crippen molar-refractivity contribution in [2.45, 2.75) is 32.0 Å². The van der Waals surface area contributed by atoms with E-state index in [0.29, 0.717) is 18.5 Å². The van der Waals surface area contributed by atoms with Crippen LogP contribution in [-0.2, 0) is 6.54 Å². The first-order valence-corrected chi connectivity index (χ1v) is 8.00. The number of pyridine rings is 1. The standard InChI is InChI=1S/C19H20N4O/c1-14(9-18(24)16-5-3-2-4-6-16)21-11-17-12-22-19-8-7-15(10-20)13-23(17)19/h2-8,12-14,18,21,24H,9,11H2,1H3. The van der Waals surface area contributed by atoms with Crippen LogP contribution in [0.5, 0.6) is 0 Å². The van der Waals surface area contributed by atoms with Crippen molar-refractivity contribution in [3.63, 3.8) is 0 Å². The van der Waals surface area contributed by atoms with Crippen LogP contribution in [-0.4, -0.2) is 20.5 Å². The molecule has 2 unspecified atom stereocenters. The molecule has 0 radical (unpaired) electrons. The van der Waals surface area contributed by atoms with E-state index in [9.17, 15) is 5.11 Å². The molecule has 3 aromatic rings. The van der Waals surface area contributed by atoms with E-state index in [1.54, 1.807) is 12.3 Å². The number of rotatable bonds is 6. The number of nitrogens with zero attached hydrogens (tertiary/aromatic N) is 3. The SMILES string of the molecule is CC(CC(O)c1ccccc1)NCc1cnc2ccc(C#N)cn12. The molecule has 1 aromatic carbocycles. The lowest BCUT2D eigenvalue weighted by molar-refractivity contribution is 0.153. The number of aromatic nitrogens is 2. The van der Waals surface area contributed by atoms with Crippen LogP contribution in [0.3, 0.4) is 0 Å². The van der Waals surface area contributed by atoms with Crippen LogP contribution in [0.15, 0.2) is 54.9 Å². The lowest BCUT2D eigenvalue weighted by Gasteiger charge is -2.18. The predicted molar refractivity (Wildman–Crippen MR) is 92.2 cm³/mol. The van der Waals surface area contributed by atoms with Crippen LogP contribution in [0.1, 0.15) is 36.3 Å². The Morgan fingerprint density at radius 3 is 2.79 bits per heavy atom. The first-order chi connectivity index (χ1) is 11.7. The second-order valence-corrected chi connectivity index (χ2v) is 5.95. The van der Waals surface area contributed by atoms with E-state index in [4.69, 9.17) is 5.26 Å². The molecular formula is C19H20N4O. The number of benzene rings is 1. The minimum atomic E-state index is -0.485. The molecule has 0 saturated heterocycles. The van der Waals surface area contributed by atoms with E-state index in [1.807, 2.05) is 47.0 Å². The van der Waals surface area contributed by atoms with Gasteiger partial charge in [-0.25, -0.2) is 4.98 Å². The first-order valence-electron chi connectivity index (χ1n) is 8.00. The van der Waals surface area contributed by atoms with Crippen LogP contribution in [0.2, 0.25) is 0 Å². The van der Waals surface area contributed by atoms with Gasteiger partial charge in [-0.2, -0.15) is 5.26 Å². The summed E-state index contributed by atoms with van der Waals surface area (Å²) < 4.78 is 1.92. The summed E-state index contributed by atoms with van der Waals surface area (Å²) in [6, 6.07) is 15.6. The molecule has 0 amide bonds.